The van der Waals surface area contributed by atoms with Crippen molar-refractivity contribution in [2.24, 2.45) is 7.05 Å². The van der Waals surface area contributed by atoms with E-state index in [0.717, 1.165) is 28.1 Å². The van der Waals surface area contributed by atoms with Gasteiger partial charge in [0.15, 0.2) is 0 Å². The first-order valence-electron chi connectivity index (χ1n) is 8.79. The van der Waals surface area contributed by atoms with Crippen molar-refractivity contribution < 1.29 is 4.79 Å². The van der Waals surface area contributed by atoms with E-state index in [4.69, 9.17) is 0 Å². The van der Waals surface area contributed by atoms with Crippen LogP contribution in [0, 0.1) is 6.92 Å². The Kier molecular flexibility index (Phi) is 3.99. The van der Waals surface area contributed by atoms with Gasteiger partial charge in [0.1, 0.15) is 0 Å². The van der Waals surface area contributed by atoms with E-state index >= 15 is 0 Å². The lowest BCUT2D eigenvalue weighted by molar-refractivity contribution is 0.102. The number of rotatable bonds is 4. The van der Waals surface area contributed by atoms with Gasteiger partial charge in [0.2, 0.25) is 5.56 Å². The van der Waals surface area contributed by atoms with E-state index in [1.165, 1.54) is 24.6 Å². The number of carbonyl (C=O) groups is 1. The molecule has 1 amide bonds. The highest BCUT2D eigenvalue weighted by atomic mass is 16.1. The van der Waals surface area contributed by atoms with Crippen molar-refractivity contribution in [2.75, 3.05) is 5.32 Å². The van der Waals surface area contributed by atoms with E-state index in [-0.39, 0.29) is 11.5 Å². The van der Waals surface area contributed by atoms with Crippen LogP contribution in [0.5, 0.6) is 0 Å². The number of nitrogens with one attached hydrogen (secondary N) is 2. The van der Waals surface area contributed by atoms with Gasteiger partial charge >= 0.3 is 0 Å². The summed E-state index contributed by atoms with van der Waals surface area (Å²) in [6.07, 6.45) is 4.09. The van der Waals surface area contributed by atoms with Crippen molar-refractivity contribution >= 4 is 11.6 Å². The monoisotopic (exact) mass is 347 g/mol. The molecule has 0 radical (unpaired) electrons. The van der Waals surface area contributed by atoms with Gasteiger partial charge in [0, 0.05) is 36.4 Å². The summed E-state index contributed by atoms with van der Waals surface area (Å²) in [7, 11) is 2.02. The first-order chi connectivity index (χ1) is 12.5. The summed E-state index contributed by atoms with van der Waals surface area (Å²) in [5.41, 5.74) is 5.38. The number of carbonyl (C=O) groups excluding carboxylic acids is 1. The summed E-state index contributed by atoms with van der Waals surface area (Å²) in [5, 5.41) is 3.00. The predicted octanol–water partition coefficient (Wildman–Crippen LogP) is 3.82. The van der Waals surface area contributed by atoms with Gasteiger partial charge in [-0.25, -0.2) is 0 Å². The second-order valence-electron chi connectivity index (χ2n) is 6.88. The van der Waals surface area contributed by atoms with Gasteiger partial charge in [-0.3, -0.25) is 9.59 Å². The molecule has 2 N–H and O–H groups in total. The number of amides is 1. The second-order valence-corrected chi connectivity index (χ2v) is 6.88. The molecule has 1 aliphatic carbocycles. The maximum Gasteiger partial charge on any atom is 0.257 e. The van der Waals surface area contributed by atoms with E-state index in [1.807, 2.05) is 44.3 Å². The zero-order chi connectivity index (χ0) is 18.3. The SMILES string of the molecule is Cc1c(C(=O)Nc2cccc(-c3ccc(=O)[nH]c3)c2)cc(C2CC2)n1C. The van der Waals surface area contributed by atoms with Crippen molar-refractivity contribution in [1.29, 1.82) is 0 Å². The van der Waals surface area contributed by atoms with E-state index in [0.29, 0.717) is 5.92 Å². The molecule has 0 bridgehead atoms. The van der Waals surface area contributed by atoms with E-state index in [1.54, 1.807) is 12.3 Å². The van der Waals surface area contributed by atoms with Crippen molar-refractivity contribution in [3.63, 3.8) is 0 Å². The normalized spacial score (nSPS) is 13.6. The number of nitrogens with zero attached hydrogens (tertiary/aromatic N) is 1. The lowest BCUT2D eigenvalue weighted by Gasteiger charge is -2.08. The Bertz CT molecular complexity index is 1020. The highest BCUT2D eigenvalue weighted by molar-refractivity contribution is 6.05. The smallest absolute Gasteiger partial charge is 0.257 e. The molecular weight excluding hydrogens is 326 g/mol. The molecule has 132 valence electrons. The van der Waals surface area contributed by atoms with Crippen LogP contribution in [0.4, 0.5) is 5.69 Å². The molecule has 1 aromatic carbocycles. The number of pyridine rings is 1. The van der Waals surface area contributed by atoms with Crippen LogP contribution >= 0.6 is 0 Å². The Hall–Kier alpha value is -3.08. The summed E-state index contributed by atoms with van der Waals surface area (Å²) in [4.78, 5) is 26.7. The standard InChI is InChI=1S/C21H21N3O2/c1-13-18(11-19(24(13)2)14-6-7-14)21(26)23-17-5-3-4-15(10-17)16-8-9-20(25)22-12-16/h3-5,8-12,14H,6-7H2,1-2H3,(H,22,25)(H,23,26). The molecule has 1 fully saturated rings. The van der Waals surface area contributed by atoms with Crippen LogP contribution < -0.4 is 10.9 Å². The van der Waals surface area contributed by atoms with E-state index in [2.05, 4.69) is 14.9 Å². The Morgan fingerprint density at radius 1 is 1.15 bits per heavy atom. The molecule has 2 heterocycles. The molecule has 2 aromatic heterocycles. The number of anilines is 1. The maximum atomic E-state index is 12.8. The Balaban J connectivity index is 1.58. The fourth-order valence-electron chi connectivity index (χ4n) is 3.29. The highest BCUT2D eigenvalue weighted by Crippen LogP contribution is 2.41. The minimum absolute atomic E-state index is 0.0939. The topological polar surface area (TPSA) is 66.9 Å². The molecule has 1 aliphatic rings. The fourth-order valence-corrected chi connectivity index (χ4v) is 3.29. The minimum atomic E-state index is -0.135. The third-order valence-electron chi connectivity index (χ3n) is 5.05. The van der Waals surface area contributed by atoms with Crippen molar-refractivity contribution in [2.45, 2.75) is 25.7 Å². The van der Waals surface area contributed by atoms with Gasteiger partial charge in [-0.1, -0.05) is 12.1 Å². The molecule has 0 unspecified atom stereocenters. The largest absolute Gasteiger partial charge is 0.351 e. The fraction of sp³-hybridized carbons (Fsp3) is 0.238. The molecule has 5 heteroatoms. The first kappa shape index (κ1) is 16.4. The van der Waals surface area contributed by atoms with Crippen LogP contribution in [0.15, 0.2) is 53.5 Å². The van der Waals surface area contributed by atoms with Crippen molar-refractivity contribution in [1.82, 2.24) is 9.55 Å². The second kappa shape index (κ2) is 6.33. The van der Waals surface area contributed by atoms with E-state index in [9.17, 15) is 9.59 Å². The van der Waals surface area contributed by atoms with Crippen LogP contribution in [0.2, 0.25) is 0 Å². The van der Waals surface area contributed by atoms with Gasteiger partial charge in [-0.15, -0.1) is 0 Å². The zero-order valence-corrected chi connectivity index (χ0v) is 14.9. The van der Waals surface area contributed by atoms with Crippen molar-refractivity contribution in [3.8, 4) is 11.1 Å². The molecule has 3 aromatic rings. The average molecular weight is 347 g/mol. The van der Waals surface area contributed by atoms with Crippen LogP contribution in [0.3, 0.4) is 0 Å². The molecule has 4 rings (SSSR count). The maximum absolute atomic E-state index is 12.8. The first-order valence-corrected chi connectivity index (χ1v) is 8.79. The number of benzene rings is 1. The molecule has 5 nitrogen and oxygen atoms in total. The van der Waals surface area contributed by atoms with Gasteiger partial charge < -0.3 is 14.9 Å². The van der Waals surface area contributed by atoms with Gasteiger partial charge in [0.05, 0.1) is 5.56 Å². The number of H-pyrrole nitrogens is 1. The minimum Gasteiger partial charge on any atom is -0.351 e. The molecule has 0 spiro atoms. The number of aromatic nitrogens is 2. The summed E-state index contributed by atoms with van der Waals surface area (Å²) in [6, 6.07) is 12.9. The van der Waals surface area contributed by atoms with E-state index < -0.39 is 0 Å². The Morgan fingerprint density at radius 3 is 2.65 bits per heavy atom. The van der Waals surface area contributed by atoms with Crippen LogP contribution in [-0.4, -0.2) is 15.5 Å². The average Bonchev–Trinajstić information content (AvgIpc) is 3.43. The Labute approximate surface area is 151 Å². The number of hydrogen-bond donors (Lipinski definition) is 2. The van der Waals surface area contributed by atoms with Crippen LogP contribution in [0.25, 0.3) is 11.1 Å². The Morgan fingerprint density at radius 2 is 1.96 bits per heavy atom. The summed E-state index contributed by atoms with van der Waals surface area (Å²) in [6.45, 7) is 1.98. The van der Waals surface area contributed by atoms with Crippen LogP contribution in [-0.2, 0) is 7.05 Å². The lowest BCUT2D eigenvalue weighted by Crippen LogP contribution is -2.13. The predicted molar refractivity (Wildman–Crippen MR) is 103 cm³/mol. The molecule has 0 saturated heterocycles. The highest BCUT2D eigenvalue weighted by Gasteiger charge is 2.28. The van der Waals surface area contributed by atoms with Crippen LogP contribution in [0.1, 0.15) is 40.5 Å². The molecular formula is C21H21N3O2. The summed E-state index contributed by atoms with van der Waals surface area (Å²) in [5.74, 6) is 0.507. The quantitative estimate of drug-likeness (QED) is 0.753. The molecule has 26 heavy (non-hydrogen) atoms. The number of hydrogen-bond acceptors (Lipinski definition) is 2. The third-order valence-corrected chi connectivity index (χ3v) is 5.05. The molecule has 0 atom stereocenters. The molecule has 0 aliphatic heterocycles. The number of aromatic amines is 1. The third kappa shape index (κ3) is 3.08. The summed E-state index contributed by atoms with van der Waals surface area (Å²) < 4.78 is 2.13. The summed E-state index contributed by atoms with van der Waals surface area (Å²) >= 11 is 0. The van der Waals surface area contributed by atoms with Crippen molar-refractivity contribution in [3.05, 3.63) is 76.0 Å². The van der Waals surface area contributed by atoms with Gasteiger partial charge in [-0.05, 0) is 61.1 Å². The molecule has 1 saturated carbocycles. The lowest BCUT2D eigenvalue weighted by atomic mass is 10.1. The van der Waals surface area contributed by atoms with Gasteiger partial charge in [0.25, 0.3) is 5.91 Å². The van der Waals surface area contributed by atoms with Gasteiger partial charge in [-0.2, -0.15) is 0 Å². The zero-order valence-electron chi connectivity index (χ0n) is 14.9.